The molecule has 6 atom stereocenters. The molecule has 5 aromatic heterocycles. The molecule has 3 aromatic carbocycles. The number of hydrogen-bond donors (Lipinski definition) is 1. The second kappa shape index (κ2) is 13.5. The molecule has 3 unspecified atom stereocenters. The topological polar surface area (TPSA) is 156 Å². The fraction of sp³-hybridized carbons (Fsp3) is 0.412. The third-order valence-electron chi connectivity index (χ3n) is 16.6. The van der Waals surface area contributed by atoms with Crippen molar-refractivity contribution in [3.05, 3.63) is 140 Å². The van der Waals surface area contributed by atoms with Gasteiger partial charge in [0.05, 0.1) is 51.0 Å². The van der Waals surface area contributed by atoms with Gasteiger partial charge in [-0.15, -0.1) is 0 Å². The van der Waals surface area contributed by atoms with Crippen molar-refractivity contribution < 1.29 is 22.8 Å². The standard InChI is InChI=1S/C51H48F2N10O5/c1-26-21-51(26,46-55-47(65)68-57-46)62-37-10-7-28(29-13-16-67-49(2,3)22-29)17-30(37)18-40(62)44(64)50-23-32-20-36-42(41(24-50)61(32)50)45(63(56-36)31-8-9-35(52)33(19-31)27-5-6-27)60-15-14-59(48(60)66)39-12-11-38-34(43(39)53)25-54-58(38)4/h7-12,14-15,17-19,25-27,29,32,41H,5-6,13,16,20-24H2,1-4H3,(H,55,57,65)/t26-,29-,32?,41?,50?,51-/m0/s1. The van der Waals surface area contributed by atoms with Crippen LogP contribution >= 0.6 is 0 Å². The molecule has 3 saturated heterocycles. The molecule has 0 amide bonds. The number of rotatable bonds is 9. The summed E-state index contributed by atoms with van der Waals surface area (Å²) in [5, 5.41) is 14.9. The normalized spacial score (nSPS) is 27.0. The van der Waals surface area contributed by atoms with Gasteiger partial charge in [-0.25, -0.2) is 23.1 Å². The van der Waals surface area contributed by atoms with Crippen LogP contribution in [0.4, 0.5) is 8.78 Å². The molecular weight excluding hydrogens is 871 g/mol. The number of benzene rings is 3. The molecule has 8 aromatic rings. The van der Waals surface area contributed by atoms with E-state index < -0.39 is 28.3 Å². The number of aromatic amines is 1. The van der Waals surface area contributed by atoms with Crippen LogP contribution in [0.15, 0.2) is 87.3 Å². The Morgan fingerprint density at radius 3 is 2.49 bits per heavy atom. The molecule has 14 rings (SSSR count). The third-order valence-corrected chi connectivity index (χ3v) is 16.6. The van der Waals surface area contributed by atoms with Crippen LogP contribution in [0.3, 0.4) is 0 Å². The van der Waals surface area contributed by atoms with Gasteiger partial charge in [-0.3, -0.25) is 33.0 Å². The minimum atomic E-state index is -0.837. The monoisotopic (exact) mass is 918 g/mol. The van der Waals surface area contributed by atoms with E-state index in [1.807, 2.05) is 12.1 Å². The smallest absolute Gasteiger partial charge is 0.376 e. The summed E-state index contributed by atoms with van der Waals surface area (Å²) < 4.78 is 50.9. The first-order valence-electron chi connectivity index (χ1n) is 23.8. The molecule has 17 heteroatoms. The SMILES string of the molecule is C[C@H]1C[C@]1(c1noc(=O)[nH]1)n1c(C(=O)C23CC4Cc5nn(-c6ccc(F)c(C7CC7)c6)c(-n6ccn(-c7ccc8c(cnn8C)c7F)c6=O)c5C(C2)N43)cc2cc([C@H]3CCOC(C)(C)C3)ccc21. The van der Waals surface area contributed by atoms with E-state index in [1.54, 1.807) is 47.0 Å². The van der Waals surface area contributed by atoms with Crippen LogP contribution in [0.5, 0.6) is 0 Å². The number of imidazole rings is 1. The van der Waals surface area contributed by atoms with Gasteiger partial charge in [-0.2, -0.15) is 10.2 Å². The molecule has 0 bridgehead atoms. The van der Waals surface area contributed by atoms with E-state index in [-0.39, 0.29) is 46.8 Å². The van der Waals surface area contributed by atoms with Gasteiger partial charge in [-0.1, -0.05) is 18.1 Å². The zero-order valence-corrected chi connectivity index (χ0v) is 38.0. The number of aromatic nitrogens is 9. The highest BCUT2D eigenvalue weighted by Gasteiger charge is 2.71. The predicted molar refractivity (Wildman–Crippen MR) is 245 cm³/mol. The van der Waals surface area contributed by atoms with Crippen LogP contribution in [-0.4, -0.2) is 77.9 Å². The molecule has 1 N–H and O–H groups in total. The number of ketones is 1. The second-order valence-corrected chi connectivity index (χ2v) is 21.0. The molecule has 9 heterocycles. The molecule has 2 saturated carbocycles. The van der Waals surface area contributed by atoms with Crippen LogP contribution in [0.2, 0.25) is 0 Å². The minimum absolute atomic E-state index is 0.00569. The van der Waals surface area contributed by atoms with Gasteiger partial charge in [0.15, 0.2) is 17.4 Å². The van der Waals surface area contributed by atoms with Crippen LogP contribution in [-0.2, 0) is 23.7 Å². The molecule has 5 fully saturated rings. The number of hydrogen-bond acceptors (Lipinski definition) is 9. The maximum atomic E-state index is 16.2. The first-order valence-corrected chi connectivity index (χ1v) is 23.8. The van der Waals surface area contributed by atoms with E-state index in [0.717, 1.165) is 47.8 Å². The van der Waals surface area contributed by atoms with E-state index in [9.17, 15) is 9.59 Å². The summed E-state index contributed by atoms with van der Waals surface area (Å²) >= 11 is 0. The first kappa shape index (κ1) is 40.4. The number of carbonyl (C=O) groups is 1. The van der Waals surface area contributed by atoms with E-state index in [0.29, 0.717) is 77.7 Å². The highest BCUT2D eigenvalue weighted by molar-refractivity contribution is 6.07. The highest BCUT2D eigenvalue weighted by Crippen LogP contribution is 2.65. The molecule has 0 radical (unpaired) electrons. The maximum absolute atomic E-state index is 16.2. The fourth-order valence-electron chi connectivity index (χ4n) is 13.1. The Balaban J connectivity index is 0.890. The number of fused-ring (bicyclic) bond motifs is 4. The predicted octanol–water partition coefficient (Wildman–Crippen LogP) is 7.64. The fourth-order valence-corrected chi connectivity index (χ4v) is 13.1. The molecule has 0 spiro atoms. The Hall–Kier alpha value is -6.72. The number of aryl methyl sites for hydroxylation is 1. The van der Waals surface area contributed by atoms with Crippen molar-refractivity contribution in [2.24, 2.45) is 13.0 Å². The minimum Gasteiger partial charge on any atom is -0.376 e. The van der Waals surface area contributed by atoms with Crippen molar-refractivity contribution in [3.8, 4) is 17.2 Å². The lowest BCUT2D eigenvalue weighted by molar-refractivity contribution is -0.179. The lowest BCUT2D eigenvalue weighted by Crippen LogP contribution is -2.80. The Kier molecular flexibility index (Phi) is 8.01. The summed E-state index contributed by atoms with van der Waals surface area (Å²) in [6.45, 7) is 7.04. The summed E-state index contributed by atoms with van der Waals surface area (Å²) in [5.41, 5.74) is 3.81. The summed E-state index contributed by atoms with van der Waals surface area (Å²) in [6.07, 6.45) is 10.5. The van der Waals surface area contributed by atoms with Crippen LogP contribution < -0.4 is 11.4 Å². The van der Waals surface area contributed by atoms with Crippen molar-refractivity contribution in [2.75, 3.05) is 6.61 Å². The number of carbonyl (C=O) groups excluding carboxylic acids is 1. The molecule has 346 valence electrons. The van der Waals surface area contributed by atoms with Crippen LogP contribution in [0.1, 0.15) is 122 Å². The van der Waals surface area contributed by atoms with Crippen molar-refractivity contribution in [3.63, 3.8) is 0 Å². The quantitative estimate of drug-likeness (QED) is 0.144. The maximum Gasteiger partial charge on any atom is 0.438 e. The van der Waals surface area contributed by atoms with Gasteiger partial charge in [0.25, 0.3) is 0 Å². The Morgan fingerprint density at radius 2 is 1.72 bits per heavy atom. The number of nitrogens with one attached hydrogen (secondary N) is 1. The number of Topliss-reactive ketones (excluding diaryl/α,β-unsaturated/α-hetero) is 1. The number of piperidine rings is 1. The number of ether oxygens (including phenoxy) is 1. The zero-order chi connectivity index (χ0) is 46.3. The van der Waals surface area contributed by atoms with E-state index in [4.69, 9.17) is 14.4 Å². The summed E-state index contributed by atoms with van der Waals surface area (Å²) in [5.74, 6) is -0.146. The van der Waals surface area contributed by atoms with Gasteiger partial charge in [0.2, 0.25) is 0 Å². The van der Waals surface area contributed by atoms with Gasteiger partial charge in [0.1, 0.15) is 17.2 Å². The molecule has 6 aliphatic rings. The first-order chi connectivity index (χ1) is 32.7. The molecule has 4 aliphatic heterocycles. The Labute approximate surface area is 386 Å². The average molecular weight is 919 g/mol. The van der Waals surface area contributed by atoms with Crippen molar-refractivity contribution in [1.82, 2.24) is 48.3 Å². The molecule has 15 nitrogen and oxygen atoms in total. The summed E-state index contributed by atoms with van der Waals surface area (Å²) in [4.78, 5) is 48.1. The van der Waals surface area contributed by atoms with Crippen molar-refractivity contribution in [2.45, 2.75) is 113 Å². The van der Waals surface area contributed by atoms with E-state index >= 15 is 13.6 Å². The van der Waals surface area contributed by atoms with Gasteiger partial charge < -0.3 is 9.30 Å². The lowest BCUT2D eigenvalue weighted by Gasteiger charge is -2.71. The van der Waals surface area contributed by atoms with Crippen LogP contribution in [0.25, 0.3) is 39.0 Å². The molecular formula is C51H48F2N10O5. The second-order valence-electron chi connectivity index (χ2n) is 21.0. The van der Waals surface area contributed by atoms with E-state index in [1.165, 1.54) is 27.0 Å². The largest absolute Gasteiger partial charge is 0.438 e. The number of H-pyrrole nitrogens is 1. The summed E-state index contributed by atoms with van der Waals surface area (Å²) in [6, 6.07) is 16.6. The number of nitrogens with zero attached hydrogens (tertiary/aromatic N) is 9. The molecule has 2 aliphatic carbocycles. The lowest BCUT2D eigenvalue weighted by atomic mass is 9.57. The Morgan fingerprint density at radius 1 is 0.912 bits per heavy atom. The van der Waals surface area contributed by atoms with Crippen molar-refractivity contribution >= 4 is 27.6 Å². The van der Waals surface area contributed by atoms with Gasteiger partial charge >= 0.3 is 11.4 Å². The molecule has 68 heavy (non-hydrogen) atoms. The highest BCUT2D eigenvalue weighted by atomic mass is 19.1. The van der Waals surface area contributed by atoms with Gasteiger partial charge in [0, 0.05) is 61.0 Å². The van der Waals surface area contributed by atoms with Gasteiger partial charge in [-0.05, 0) is 136 Å². The number of halogens is 2. The summed E-state index contributed by atoms with van der Waals surface area (Å²) in [7, 11) is 1.74. The average Bonchev–Trinajstić information content (AvgIpc) is 3.89. The van der Waals surface area contributed by atoms with Crippen molar-refractivity contribution in [1.29, 1.82) is 0 Å². The Bertz CT molecular complexity index is 3620. The third kappa shape index (κ3) is 5.39. The zero-order valence-electron chi connectivity index (χ0n) is 38.0. The van der Waals surface area contributed by atoms with Crippen LogP contribution in [0, 0.1) is 17.6 Å². The van der Waals surface area contributed by atoms with E-state index in [2.05, 4.69) is 63.7 Å².